The first-order valence-corrected chi connectivity index (χ1v) is 58.1. The largest absolute Gasteiger partial charge is 0.405 e. The minimum absolute atomic E-state index is 0.00254. The van der Waals surface area contributed by atoms with Crippen molar-refractivity contribution in [1.29, 1.82) is 0 Å². The summed E-state index contributed by atoms with van der Waals surface area (Å²) in [6.07, 6.45) is -10.9. The van der Waals surface area contributed by atoms with Crippen LogP contribution in [0.1, 0.15) is 161 Å². The molecule has 0 aliphatic carbocycles. The van der Waals surface area contributed by atoms with Gasteiger partial charge in [0, 0.05) is 44.8 Å². The maximum atomic E-state index is 11.2. The van der Waals surface area contributed by atoms with Gasteiger partial charge in [-0.2, -0.15) is 0 Å². The van der Waals surface area contributed by atoms with E-state index in [1.807, 2.05) is 164 Å². The predicted molar refractivity (Wildman–Crippen MR) is 576 cm³/mol. The van der Waals surface area contributed by atoms with E-state index < -0.39 is 199 Å². The van der Waals surface area contributed by atoms with Crippen LogP contribution in [0.4, 0.5) is 0 Å². The molecule has 6 fully saturated rings. The summed E-state index contributed by atoms with van der Waals surface area (Å²) < 4.78 is 134. The zero-order valence-corrected chi connectivity index (χ0v) is 91.6. The average Bonchev–Trinajstić information content (AvgIpc) is 0.746. The van der Waals surface area contributed by atoms with Crippen LogP contribution < -0.4 is 31.1 Å². The molecule has 27 nitrogen and oxygen atoms in total. The quantitative estimate of drug-likeness (QED) is 0.00858. The van der Waals surface area contributed by atoms with E-state index in [-0.39, 0.29) is 63.7 Å². The number of benzene rings is 9. The number of hydrogen-bond donors (Lipinski definition) is 0. The molecule has 9 aromatic carbocycles. The molecular weight excluding hydrogens is 1900 g/mol. The van der Waals surface area contributed by atoms with Crippen molar-refractivity contribution in [2.75, 3.05) is 26.4 Å². The average molecular weight is 2060 g/mol. The number of ether oxygens (including phenoxy) is 15. The minimum atomic E-state index is -3.45. The first kappa shape index (κ1) is 112. The highest BCUT2D eigenvalue weighted by atomic mass is 28.4. The predicted octanol–water partition coefficient (Wildman–Crippen LogP) is 20.7. The van der Waals surface area contributed by atoms with Gasteiger partial charge in [-0.25, -0.2) is 0 Å². The van der Waals surface area contributed by atoms with Crippen molar-refractivity contribution in [2.24, 2.45) is 56.8 Å². The third kappa shape index (κ3) is 25.1. The molecule has 6 saturated heterocycles. The first-order chi connectivity index (χ1) is 70.8. The summed E-state index contributed by atoms with van der Waals surface area (Å²) in [6.45, 7) is 41.2. The fourth-order valence-electron chi connectivity index (χ4n) is 23.0. The maximum Gasteiger partial charge on any atom is 0.261 e. The molecule has 147 heavy (non-hydrogen) atoms. The third-order valence-corrected chi connectivity index (χ3v) is 46.0. The number of nitrogens with zero attached hydrogens (tertiary/aromatic N) is 9. The number of azide groups is 3. The van der Waals surface area contributed by atoms with E-state index in [1.54, 1.807) is 0 Å². The van der Waals surface area contributed by atoms with Gasteiger partial charge in [-0.05, 0) is 124 Å². The second-order valence-corrected chi connectivity index (χ2v) is 56.7. The lowest BCUT2D eigenvalue weighted by molar-refractivity contribution is -0.369. The van der Waals surface area contributed by atoms with Crippen molar-refractivity contribution in [3.8, 4) is 12.3 Å². The Balaban J connectivity index is 0.776. The number of unbranched alkanes of at least 4 members (excludes halogenated alkanes) is 1. The summed E-state index contributed by atoms with van der Waals surface area (Å²) in [5.74, 6) is -0.799. The molecular formula is C117H151N9O18Si3. The molecule has 30 heteroatoms. The van der Waals surface area contributed by atoms with E-state index in [1.165, 1.54) is 0 Å². The Morgan fingerprint density at radius 1 is 0.286 bits per heavy atom. The smallest absolute Gasteiger partial charge is 0.261 e. The molecule has 0 N–H and O–H groups in total. The topological polar surface area (TPSA) is 312 Å². The molecule has 784 valence electrons. The zero-order chi connectivity index (χ0) is 104. The zero-order valence-electron chi connectivity index (χ0n) is 88.6. The molecule has 0 bridgehead atoms. The second kappa shape index (κ2) is 50.6. The molecule has 0 saturated carbocycles. The SMILES string of the molecule is C#CCCCO[C@@H]1OC(CO[Si](c2ccccc2)(c2ccccc2)C(C)(C)C)[C@@H](O[C@@H]2OC(C)[C@@H](O[C@@H]3OC(CO[Si](c4ccccc4)(c4ccccc4)C(C)(C)C)[C@@H](O[C@@H]4OC(C)[C@H](O[C@@H]5OC(CO[Si](c6ccccc6)(c6ccccc6)C(C)(C)C)[C@@H](O[C@@H]6OC(C)[C@@H](C)[C@@H](OCc7ccccc7)C6C)[C@H](C)C5N=[N+]=[N-])[C@@H](OCc5ccccc5)C4C)[C@H](C)C3N=[N+]=[N-])[C@@H](OCc3ccccc3)C2C)[C@H](C)C1N=[N+]=[N-]. The van der Waals surface area contributed by atoms with Crippen LogP contribution in [0, 0.1) is 53.8 Å². The van der Waals surface area contributed by atoms with Crippen molar-refractivity contribution in [2.45, 2.75) is 321 Å². The Kier molecular flexibility index (Phi) is 38.4. The third-order valence-electron chi connectivity index (χ3n) is 31.0. The van der Waals surface area contributed by atoms with Gasteiger partial charge in [0.2, 0.25) is 0 Å². The Bertz CT molecular complexity index is 5650. The molecule has 12 unspecified atom stereocenters. The Morgan fingerprint density at radius 3 is 0.803 bits per heavy atom. The molecule has 9 aromatic rings. The van der Waals surface area contributed by atoms with Crippen LogP contribution in [0.3, 0.4) is 0 Å². The molecule has 6 aliphatic rings. The van der Waals surface area contributed by atoms with Gasteiger partial charge in [0.15, 0.2) is 37.7 Å². The van der Waals surface area contributed by atoms with E-state index in [9.17, 15) is 16.6 Å². The molecule has 15 rings (SSSR count). The number of rotatable bonds is 41. The summed E-state index contributed by atoms with van der Waals surface area (Å²) in [6, 6.07) is 89.7. The van der Waals surface area contributed by atoms with Crippen molar-refractivity contribution in [3.05, 3.63) is 321 Å². The van der Waals surface area contributed by atoms with E-state index in [0.29, 0.717) is 19.4 Å². The highest BCUT2D eigenvalue weighted by molar-refractivity contribution is 7.00. The minimum Gasteiger partial charge on any atom is -0.405 e. The number of terminal acetylenes is 1. The summed E-state index contributed by atoms with van der Waals surface area (Å²) in [4.78, 5) is 10.6. The molecule has 0 amide bonds. The van der Waals surface area contributed by atoms with Gasteiger partial charge in [0.1, 0.15) is 30.5 Å². The van der Waals surface area contributed by atoms with Crippen molar-refractivity contribution in [3.63, 3.8) is 0 Å². The maximum absolute atomic E-state index is 11.2. The van der Waals surface area contributed by atoms with Crippen LogP contribution in [0.5, 0.6) is 0 Å². The highest BCUT2D eigenvalue weighted by Crippen LogP contribution is 2.49. The van der Waals surface area contributed by atoms with E-state index in [0.717, 1.165) is 47.8 Å². The molecule has 6 aliphatic heterocycles. The van der Waals surface area contributed by atoms with Gasteiger partial charge in [-0.1, -0.05) is 399 Å². The van der Waals surface area contributed by atoms with Crippen LogP contribution in [-0.4, -0.2) is 193 Å². The second-order valence-electron chi connectivity index (χ2n) is 43.7. The fraction of sp³-hybridized carbons (Fsp3) is 0.521. The summed E-state index contributed by atoms with van der Waals surface area (Å²) in [5.41, 5.74) is 35.4. The van der Waals surface area contributed by atoms with Crippen LogP contribution in [-0.2, 0) is 104 Å². The highest BCUT2D eigenvalue weighted by Gasteiger charge is 2.61. The van der Waals surface area contributed by atoms with Crippen LogP contribution in [0.25, 0.3) is 31.3 Å². The Hall–Kier alpha value is -9.60. The summed E-state index contributed by atoms with van der Waals surface area (Å²) in [7, 11) is -10.0. The molecule has 30 atom stereocenters. The molecule has 0 aromatic heterocycles. The van der Waals surface area contributed by atoms with Crippen LogP contribution >= 0.6 is 0 Å². The van der Waals surface area contributed by atoms with Crippen molar-refractivity contribution in [1.82, 2.24) is 0 Å². The lowest BCUT2D eigenvalue weighted by Crippen LogP contribution is -2.68. The standard InChI is InChI=1S/C117H151N9O18Si3/c1-21-22-50-69-127-112-98(121-124-118)77(3)102(95(137-112)73-131-145(115(12,13)14,89-57-38-26-39-58-89)90-59-40-27-41-60-90)141-110-81(7)105(129-71-87-53-34-24-35-54-87)107(84(10)135-110)144-114-100(123-126-120)79(5)104(97(139-114)75-133-147(117(18,19)20,93-65-46-30-47-66-93)94-67-48-31-49-68-94)142-111-82(8)106(130-72-88-55-36-25-37-56-88)108(85(11)136-111)143-113-99(122-125-119)78(4)103(140-109-80(6)101(76(2)83(9)134-109)128-70-86-51-32-23-33-52-86)96(138-113)74-132-146(116(15,16)17,91-61-42-28-43-62-91)92-63-44-29-45-64-92/h1,23-49,51-68,76-85,95-114H,22,50,69-75H2,2-20H3/t76-,77-,78-,79-,80?,81?,82?,83?,84?,85?,95?,96?,97?,98?,99?,100?,101-,102+,103+,104+,105+,106+,107-,108+,109+,110+,111+,112-,113+,114+/m1/s1. The molecule has 6 heterocycles. The van der Waals surface area contributed by atoms with Crippen LogP contribution in [0.15, 0.2) is 288 Å². The fourth-order valence-corrected chi connectivity index (χ4v) is 36.7. The van der Waals surface area contributed by atoms with Gasteiger partial charge in [-0.15, -0.1) is 12.3 Å². The number of hydrogen-bond acceptors (Lipinski definition) is 21. The van der Waals surface area contributed by atoms with E-state index in [2.05, 4.69) is 277 Å². The molecule has 0 radical (unpaired) electrons. The van der Waals surface area contributed by atoms with Gasteiger partial charge in [0.05, 0.1) is 119 Å². The summed E-state index contributed by atoms with van der Waals surface area (Å²) in [5, 5.41) is 18.7. The first-order valence-electron chi connectivity index (χ1n) is 52.4. The van der Waals surface area contributed by atoms with Crippen molar-refractivity contribution >= 4 is 56.1 Å². The Labute approximate surface area is 872 Å². The van der Waals surface area contributed by atoms with Crippen LogP contribution in [0.2, 0.25) is 15.1 Å². The molecule has 0 spiro atoms. The lowest BCUT2D eigenvalue weighted by atomic mass is 9.85. The monoisotopic (exact) mass is 2050 g/mol. The van der Waals surface area contributed by atoms with Gasteiger partial charge in [-0.3, -0.25) is 0 Å². The van der Waals surface area contributed by atoms with E-state index >= 15 is 0 Å². The summed E-state index contributed by atoms with van der Waals surface area (Å²) >= 11 is 0. The van der Waals surface area contributed by atoms with Gasteiger partial charge in [0.25, 0.3) is 25.0 Å². The van der Waals surface area contributed by atoms with Crippen molar-refractivity contribution < 1.29 is 84.3 Å². The van der Waals surface area contributed by atoms with E-state index in [4.69, 9.17) is 90.8 Å². The lowest BCUT2D eigenvalue weighted by Gasteiger charge is -2.52. The van der Waals surface area contributed by atoms with Gasteiger partial charge >= 0.3 is 0 Å². The Morgan fingerprint density at radius 2 is 0.531 bits per heavy atom. The van der Waals surface area contributed by atoms with Gasteiger partial charge < -0.3 is 84.3 Å². The normalized spacial score (nSPS) is 31.0.